The highest BCUT2D eigenvalue weighted by molar-refractivity contribution is 5.43. The van der Waals surface area contributed by atoms with E-state index in [0.717, 1.165) is 18.9 Å². The average Bonchev–Trinajstić information content (AvgIpc) is 2.96. The highest BCUT2D eigenvalue weighted by Crippen LogP contribution is 2.11. The molecule has 0 aliphatic carbocycles. The van der Waals surface area contributed by atoms with E-state index in [1.54, 1.807) is 7.11 Å². The zero-order valence-corrected chi connectivity index (χ0v) is 9.37. The van der Waals surface area contributed by atoms with E-state index in [0.29, 0.717) is 5.65 Å². The Bertz CT molecular complexity index is 513. The number of hydrogen-bond donors (Lipinski definition) is 2. The van der Waals surface area contributed by atoms with E-state index in [4.69, 9.17) is 4.74 Å². The van der Waals surface area contributed by atoms with Crippen molar-refractivity contribution in [2.24, 2.45) is 0 Å². The van der Waals surface area contributed by atoms with E-state index in [9.17, 15) is 0 Å². The Morgan fingerprint density at radius 2 is 2.41 bits per heavy atom. The van der Waals surface area contributed by atoms with Crippen LogP contribution in [0.4, 0.5) is 5.82 Å². The molecule has 2 aromatic rings. The van der Waals surface area contributed by atoms with Crippen molar-refractivity contribution in [2.75, 3.05) is 25.5 Å². The van der Waals surface area contributed by atoms with Crippen molar-refractivity contribution in [3.63, 3.8) is 0 Å². The lowest BCUT2D eigenvalue weighted by Crippen LogP contribution is -2.34. The van der Waals surface area contributed by atoms with Crippen LogP contribution < -0.4 is 10.6 Å². The molecular formula is C9H13N7O. The van der Waals surface area contributed by atoms with Crippen molar-refractivity contribution in [2.45, 2.75) is 12.1 Å². The Labute approximate surface area is 97.3 Å². The first-order valence-corrected chi connectivity index (χ1v) is 5.42. The van der Waals surface area contributed by atoms with Crippen LogP contribution in [0.5, 0.6) is 0 Å². The van der Waals surface area contributed by atoms with Crippen LogP contribution in [0.15, 0.2) is 12.1 Å². The molecule has 1 fully saturated rings. The smallest absolute Gasteiger partial charge is 0.200 e. The van der Waals surface area contributed by atoms with Crippen LogP contribution in [0.3, 0.4) is 0 Å². The number of nitrogens with zero attached hydrogens (tertiary/aromatic N) is 5. The van der Waals surface area contributed by atoms with E-state index in [-0.39, 0.29) is 12.1 Å². The summed E-state index contributed by atoms with van der Waals surface area (Å²) in [5.74, 6) is 0.737. The number of tetrazole rings is 1. The van der Waals surface area contributed by atoms with Crippen LogP contribution in [-0.4, -0.2) is 57.6 Å². The summed E-state index contributed by atoms with van der Waals surface area (Å²) < 4.78 is 6.76. The second-order valence-corrected chi connectivity index (χ2v) is 3.93. The maximum absolute atomic E-state index is 5.37. The largest absolute Gasteiger partial charge is 0.378 e. The highest BCUT2D eigenvalue weighted by Gasteiger charge is 2.26. The topological polar surface area (TPSA) is 89.3 Å². The van der Waals surface area contributed by atoms with Gasteiger partial charge in [-0.25, -0.2) is 0 Å². The minimum atomic E-state index is 0.154. The van der Waals surface area contributed by atoms with E-state index in [1.807, 2.05) is 12.1 Å². The number of methoxy groups -OCH3 is 1. The van der Waals surface area contributed by atoms with Crippen LogP contribution in [-0.2, 0) is 4.74 Å². The zero-order chi connectivity index (χ0) is 11.7. The summed E-state index contributed by atoms with van der Waals surface area (Å²) in [6.45, 7) is 1.70. The molecule has 1 saturated heterocycles. The first-order valence-electron chi connectivity index (χ1n) is 5.42. The maximum atomic E-state index is 5.37. The third-order valence-corrected chi connectivity index (χ3v) is 2.86. The lowest BCUT2D eigenvalue weighted by molar-refractivity contribution is 0.111. The molecule has 1 aliphatic rings. The molecule has 3 heterocycles. The normalized spacial score (nSPS) is 24.3. The number of anilines is 1. The van der Waals surface area contributed by atoms with Gasteiger partial charge in [-0.15, -0.1) is 14.8 Å². The predicted molar refractivity (Wildman–Crippen MR) is 59.7 cm³/mol. The first-order chi connectivity index (χ1) is 8.36. The third kappa shape index (κ3) is 1.92. The number of rotatable bonds is 3. The summed E-state index contributed by atoms with van der Waals surface area (Å²) in [5.41, 5.74) is 0.628. The minimum absolute atomic E-state index is 0.154. The van der Waals surface area contributed by atoms with Gasteiger partial charge in [-0.05, 0) is 22.6 Å². The predicted octanol–water partition coefficient (Wildman–Crippen LogP) is -1.08. The summed E-state index contributed by atoms with van der Waals surface area (Å²) in [6.07, 6.45) is 0.154. The molecule has 1 aliphatic heterocycles. The Balaban J connectivity index is 1.79. The van der Waals surface area contributed by atoms with E-state index in [2.05, 4.69) is 31.3 Å². The fraction of sp³-hybridized carbons (Fsp3) is 0.556. The standard InChI is InChI=1S/C9H13N7O/c1-17-7-5-10-4-6(7)11-8-2-3-9-12-14-15-16(9)13-8/h2-3,6-7,10H,4-5H2,1H3,(H,11,13)/t6?,7-/m0/s1. The molecule has 90 valence electrons. The number of nitrogens with one attached hydrogen (secondary N) is 2. The van der Waals surface area contributed by atoms with E-state index >= 15 is 0 Å². The van der Waals surface area contributed by atoms with Gasteiger partial charge in [-0.3, -0.25) is 0 Å². The van der Waals surface area contributed by atoms with Gasteiger partial charge in [0.2, 0.25) is 0 Å². The van der Waals surface area contributed by atoms with Gasteiger partial charge in [0.15, 0.2) is 5.65 Å². The molecule has 2 aromatic heterocycles. The summed E-state index contributed by atoms with van der Waals surface area (Å²) in [5, 5.41) is 21.9. The lowest BCUT2D eigenvalue weighted by Gasteiger charge is -2.18. The van der Waals surface area contributed by atoms with Crippen molar-refractivity contribution in [3.8, 4) is 0 Å². The maximum Gasteiger partial charge on any atom is 0.200 e. The van der Waals surface area contributed by atoms with Gasteiger partial charge in [-0.2, -0.15) is 0 Å². The van der Waals surface area contributed by atoms with Crippen LogP contribution >= 0.6 is 0 Å². The molecule has 2 atom stereocenters. The summed E-state index contributed by atoms with van der Waals surface area (Å²) in [4.78, 5) is 0. The van der Waals surface area contributed by atoms with E-state index in [1.165, 1.54) is 4.63 Å². The Hall–Kier alpha value is -1.80. The Morgan fingerprint density at radius 1 is 1.47 bits per heavy atom. The molecule has 0 spiro atoms. The van der Waals surface area contributed by atoms with Crippen molar-refractivity contribution in [1.82, 2.24) is 30.6 Å². The van der Waals surface area contributed by atoms with E-state index < -0.39 is 0 Å². The number of fused-ring (bicyclic) bond motifs is 1. The highest BCUT2D eigenvalue weighted by atomic mass is 16.5. The van der Waals surface area contributed by atoms with Crippen LogP contribution in [0.25, 0.3) is 5.65 Å². The van der Waals surface area contributed by atoms with Crippen LogP contribution in [0, 0.1) is 0 Å². The molecule has 0 radical (unpaired) electrons. The Morgan fingerprint density at radius 3 is 3.29 bits per heavy atom. The van der Waals surface area contributed by atoms with Gasteiger partial charge in [0.1, 0.15) is 5.82 Å². The molecule has 0 aromatic carbocycles. The Kier molecular flexibility index (Phi) is 2.57. The molecule has 8 nitrogen and oxygen atoms in total. The van der Waals surface area contributed by atoms with Gasteiger partial charge in [-0.1, -0.05) is 0 Å². The van der Waals surface area contributed by atoms with Crippen LogP contribution in [0.2, 0.25) is 0 Å². The molecule has 0 bridgehead atoms. The van der Waals surface area contributed by atoms with Gasteiger partial charge in [0, 0.05) is 20.2 Å². The number of aromatic nitrogens is 5. The molecule has 0 amide bonds. The fourth-order valence-electron chi connectivity index (χ4n) is 1.96. The zero-order valence-electron chi connectivity index (χ0n) is 9.37. The summed E-state index contributed by atoms with van der Waals surface area (Å²) in [7, 11) is 1.71. The lowest BCUT2D eigenvalue weighted by atomic mass is 10.2. The quantitative estimate of drug-likeness (QED) is 0.699. The average molecular weight is 235 g/mol. The first kappa shape index (κ1) is 10.4. The fourth-order valence-corrected chi connectivity index (χ4v) is 1.96. The van der Waals surface area contributed by atoms with Gasteiger partial charge >= 0.3 is 0 Å². The van der Waals surface area contributed by atoms with Crippen molar-refractivity contribution < 1.29 is 4.74 Å². The summed E-state index contributed by atoms with van der Waals surface area (Å²) in [6, 6.07) is 3.89. The monoisotopic (exact) mass is 235 g/mol. The SMILES string of the molecule is CO[C@H]1CNCC1Nc1ccc2nnnn2n1. The molecule has 3 rings (SSSR count). The van der Waals surface area contributed by atoms with Crippen molar-refractivity contribution >= 4 is 11.5 Å². The molecule has 1 unspecified atom stereocenters. The minimum Gasteiger partial charge on any atom is -0.378 e. The van der Waals surface area contributed by atoms with Crippen LogP contribution in [0.1, 0.15) is 0 Å². The number of hydrogen-bond acceptors (Lipinski definition) is 7. The number of ether oxygens (including phenoxy) is 1. The van der Waals surface area contributed by atoms with Gasteiger partial charge in [0.05, 0.1) is 12.1 Å². The molecule has 0 saturated carbocycles. The van der Waals surface area contributed by atoms with Crippen molar-refractivity contribution in [3.05, 3.63) is 12.1 Å². The molecular weight excluding hydrogens is 222 g/mol. The second-order valence-electron chi connectivity index (χ2n) is 3.93. The summed E-state index contributed by atoms with van der Waals surface area (Å²) >= 11 is 0. The van der Waals surface area contributed by atoms with Crippen molar-refractivity contribution in [1.29, 1.82) is 0 Å². The molecule has 17 heavy (non-hydrogen) atoms. The van der Waals surface area contributed by atoms with Gasteiger partial charge in [0.25, 0.3) is 0 Å². The molecule has 2 N–H and O–H groups in total. The molecule has 8 heteroatoms. The second kappa shape index (κ2) is 4.22. The van der Waals surface area contributed by atoms with Gasteiger partial charge < -0.3 is 15.4 Å². The third-order valence-electron chi connectivity index (χ3n) is 2.86.